The number of pyridine rings is 1. The molecule has 2 heterocycles. The Kier molecular flexibility index (Phi) is 1.81. The lowest BCUT2D eigenvalue weighted by Crippen LogP contribution is -1.78. The van der Waals surface area contributed by atoms with Crippen LogP contribution in [0.25, 0.3) is 10.2 Å². The number of aromatic nitrogens is 2. The molecule has 0 spiro atoms. The smallest absolute Gasteiger partial charge is 0.0998 e. The summed E-state index contributed by atoms with van der Waals surface area (Å²) in [5.41, 5.74) is 2.09. The van der Waals surface area contributed by atoms with Gasteiger partial charge >= 0.3 is 0 Å². The van der Waals surface area contributed by atoms with Gasteiger partial charge in [-0.15, -0.1) is 11.3 Å². The van der Waals surface area contributed by atoms with Crippen molar-refractivity contribution < 1.29 is 0 Å². The molecule has 0 aliphatic rings. The molecule has 0 fully saturated rings. The summed E-state index contributed by atoms with van der Waals surface area (Å²) < 4.78 is 1.25. The second-order valence-corrected chi connectivity index (χ2v) is 3.87. The fraction of sp³-hybridized carbons (Fsp3) is 0.333. The monoisotopic (exact) mass is 178 g/mol. The van der Waals surface area contributed by atoms with Crippen molar-refractivity contribution in [1.82, 2.24) is 9.97 Å². The Balaban J connectivity index is 2.67. The van der Waals surface area contributed by atoms with Gasteiger partial charge in [0.15, 0.2) is 0 Å². The van der Waals surface area contributed by atoms with Crippen LogP contribution in [0.15, 0.2) is 12.3 Å². The Morgan fingerprint density at radius 3 is 3.08 bits per heavy atom. The topological polar surface area (TPSA) is 25.8 Å². The summed E-state index contributed by atoms with van der Waals surface area (Å²) in [5, 5.41) is 1.19. The van der Waals surface area contributed by atoms with Crippen molar-refractivity contribution in [3.05, 3.63) is 23.0 Å². The van der Waals surface area contributed by atoms with E-state index in [0.29, 0.717) is 0 Å². The molecule has 0 aromatic carbocycles. The summed E-state index contributed by atoms with van der Waals surface area (Å²) in [6.07, 6.45) is 2.86. The average Bonchev–Trinajstić information content (AvgIpc) is 2.46. The maximum atomic E-state index is 4.43. The van der Waals surface area contributed by atoms with Crippen LogP contribution in [0.4, 0.5) is 0 Å². The van der Waals surface area contributed by atoms with E-state index in [4.69, 9.17) is 0 Å². The Morgan fingerprint density at radius 1 is 1.50 bits per heavy atom. The highest BCUT2D eigenvalue weighted by molar-refractivity contribution is 7.18. The number of nitrogens with zero attached hydrogens (tertiary/aromatic N) is 2. The Bertz CT molecular complexity index is 406. The van der Waals surface area contributed by atoms with Gasteiger partial charge in [-0.25, -0.2) is 4.98 Å². The van der Waals surface area contributed by atoms with Crippen LogP contribution in [0.5, 0.6) is 0 Å². The fourth-order valence-corrected chi connectivity index (χ4v) is 2.10. The molecule has 12 heavy (non-hydrogen) atoms. The van der Waals surface area contributed by atoms with Crippen molar-refractivity contribution in [3.63, 3.8) is 0 Å². The van der Waals surface area contributed by atoms with E-state index in [1.807, 2.05) is 13.1 Å². The Morgan fingerprint density at radius 2 is 2.33 bits per heavy atom. The van der Waals surface area contributed by atoms with Gasteiger partial charge in [0.25, 0.3) is 0 Å². The SMILES string of the molecule is CCc1nc2cnc(C)cc2s1. The largest absolute Gasteiger partial charge is 0.259 e. The quantitative estimate of drug-likeness (QED) is 0.670. The van der Waals surface area contributed by atoms with Crippen LogP contribution in [-0.4, -0.2) is 9.97 Å². The maximum absolute atomic E-state index is 4.43. The van der Waals surface area contributed by atoms with Gasteiger partial charge in [0.05, 0.1) is 21.4 Å². The van der Waals surface area contributed by atoms with Crippen LogP contribution >= 0.6 is 11.3 Å². The van der Waals surface area contributed by atoms with E-state index in [0.717, 1.165) is 17.6 Å². The second kappa shape index (κ2) is 2.83. The molecule has 2 aromatic heterocycles. The van der Waals surface area contributed by atoms with E-state index in [2.05, 4.69) is 23.0 Å². The normalized spacial score (nSPS) is 10.8. The summed E-state index contributed by atoms with van der Waals surface area (Å²) in [6, 6.07) is 2.09. The Hall–Kier alpha value is -0.960. The zero-order valence-corrected chi connectivity index (χ0v) is 7.98. The molecular weight excluding hydrogens is 168 g/mol. The highest BCUT2D eigenvalue weighted by Gasteiger charge is 2.01. The number of hydrogen-bond donors (Lipinski definition) is 0. The fourth-order valence-electron chi connectivity index (χ4n) is 1.13. The summed E-state index contributed by atoms with van der Waals surface area (Å²) >= 11 is 1.76. The van der Waals surface area contributed by atoms with Crippen molar-refractivity contribution >= 4 is 21.6 Å². The number of fused-ring (bicyclic) bond motifs is 1. The standard InChI is InChI=1S/C9H10N2S/c1-3-9-11-7-5-10-6(2)4-8(7)12-9/h4-5H,3H2,1-2H3. The molecule has 0 aliphatic heterocycles. The minimum atomic E-state index is 1.01. The Labute approximate surface area is 75.3 Å². The molecule has 62 valence electrons. The zero-order valence-electron chi connectivity index (χ0n) is 7.16. The summed E-state index contributed by atoms with van der Waals surface area (Å²) in [4.78, 5) is 8.63. The molecule has 0 bridgehead atoms. The lowest BCUT2D eigenvalue weighted by Gasteiger charge is -1.87. The van der Waals surface area contributed by atoms with Crippen LogP contribution in [0, 0.1) is 6.92 Å². The predicted octanol–water partition coefficient (Wildman–Crippen LogP) is 2.56. The molecule has 0 amide bonds. The van der Waals surface area contributed by atoms with Gasteiger partial charge < -0.3 is 0 Å². The van der Waals surface area contributed by atoms with E-state index >= 15 is 0 Å². The lowest BCUT2D eigenvalue weighted by atomic mass is 10.4. The van der Waals surface area contributed by atoms with Crippen LogP contribution < -0.4 is 0 Å². The van der Waals surface area contributed by atoms with E-state index in [1.54, 1.807) is 11.3 Å². The first-order chi connectivity index (χ1) is 5.79. The molecule has 0 unspecified atom stereocenters. The lowest BCUT2D eigenvalue weighted by molar-refractivity contribution is 1.10. The van der Waals surface area contributed by atoms with Gasteiger partial charge in [0.1, 0.15) is 0 Å². The molecule has 0 aliphatic carbocycles. The van der Waals surface area contributed by atoms with Crippen molar-refractivity contribution in [2.45, 2.75) is 20.3 Å². The maximum Gasteiger partial charge on any atom is 0.0998 e. The third-order valence-corrected chi connectivity index (χ3v) is 2.92. The minimum Gasteiger partial charge on any atom is -0.259 e. The highest BCUT2D eigenvalue weighted by atomic mass is 32.1. The van der Waals surface area contributed by atoms with E-state index in [9.17, 15) is 0 Å². The second-order valence-electron chi connectivity index (χ2n) is 2.75. The van der Waals surface area contributed by atoms with Gasteiger partial charge in [-0.2, -0.15) is 0 Å². The first-order valence-electron chi connectivity index (χ1n) is 4.01. The van der Waals surface area contributed by atoms with Crippen LogP contribution in [0.1, 0.15) is 17.6 Å². The van der Waals surface area contributed by atoms with Crippen molar-refractivity contribution in [3.8, 4) is 0 Å². The number of rotatable bonds is 1. The zero-order chi connectivity index (χ0) is 8.55. The van der Waals surface area contributed by atoms with Gasteiger partial charge in [0.2, 0.25) is 0 Å². The summed E-state index contributed by atoms with van der Waals surface area (Å²) in [5.74, 6) is 0. The molecule has 2 rings (SSSR count). The van der Waals surface area contributed by atoms with Gasteiger partial charge in [-0.1, -0.05) is 6.92 Å². The van der Waals surface area contributed by atoms with Gasteiger partial charge in [0, 0.05) is 5.69 Å². The third kappa shape index (κ3) is 1.20. The summed E-state index contributed by atoms with van der Waals surface area (Å²) in [6.45, 7) is 4.13. The van der Waals surface area contributed by atoms with Crippen LogP contribution in [0.3, 0.4) is 0 Å². The molecule has 0 N–H and O–H groups in total. The van der Waals surface area contributed by atoms with Crippen molar-refractivity contribution in [1.29, 1.82) is 0 Å². The molecule has 0 radical (unpaired) electrons. The van der Waals surface area contributed by atoms with E-state index in [-0.39, 0.29) is 0 Å². The molecule has 0 atom stereocenters. The predicted molar refractivity (Wildman–Crippen MR) is 51.5 cm³/mol. The van der Waals surface area contributed by atoms with E-state index in [1.165, 1.54) is 9.71 Å². The molecule has 0 saturated heterocycles. The van der Waals surface area contributed by atoms with Crippen LogP contribution in [0.2, 0.25) is 0 Å². The van der Waals surface area contributed by atoms with Gasteiger partial charge in [-0.3, -0.25) is 4.98 Å². The molecule has 2 aromatic rings. The molecule has 2 nitrogen and oxygen atoms in total. The molecular formula is C9H10N2S. The molecule has 3 heteroatoms. The van der Waals surface area contributed by atoms with Crippen molar-refractivity contribution in [2.24, 2.45) is 0 Å². The highest BCUT2D eigenvalue weighted by Crippen LogP contribution is 2.21. The number of aryl methyl sites for hydroxylation is 2. The van der Waals surface area contributed by atoms with Gasteiger partial charge in [-0.05, 0) is 19.4 Å². The number of hydrogen-bond acceptors (Lipinski definition) is 3. The first-order valence-corrected chi connectivity index (χ1v) is 4.83. The van der Waals surface area contributed by atoms with E-state index < -0.39 is 0 Å². The number of thiazole rings is 1. The van der Waals surface area contributed by atoms with Crippen LogP contribution in [-0.2, 0) is 6.42 Å². The third-order valence-electron chi connectivity index (χ3n) is 1.76. The summed E-state index contributed by atoms with van der Waals surface area (Å²) in [7, 11) is 0. The molecule has 0 saturated carbocycles. The van der Waals surface area contributed by atoms with Crippen molar-refractivity contribution in [2.75, 3.05) is 0 Å². The average molecular weight is 178 g/mol. The minimum absolute atomic E-state index is 1.01. The first kappa shape index (κ1) is 7.68.